The zero-order chi connectivity index (χ0) is 22.1. The Morgan fingerprint density at radius 3 is 1.23 bits per heavy atom. The van der Waals surface area contributed by atoms with Gasteiger partial charge in [-0.15, -0.1) is 0 Å². The van der Waals surface area contributed by atoms with E-state index in [1.807, 2.05) is 0 Å². The third-order valence-corrected chi connectivity index (χ3v) is 4.58. The number of nitrogens with two attached hydrogens (primary N) is 1. The van der Waals surface area contributed by atoms with E-state index in [2.05, 4.69) is 6.92 Å². The van der Waals surface area contributed by atoms with E-state index in [9.17, 15) is 13.0 Å². The first kappa shape index (κ1) is 41.5. The third-order valence-electron chi connectivity index (χ3n) is 3.90. The third kappa shape index (κ3) is 63.0. The molecular formula is C20H43NNa2O6S. The number of carbonyl (C=O) groups excluding carboxylic acids is 1. The van der Waals surface area contributed by atoms with Crippen molar-refractivity contribution >= 4 is 16.1 Å². The summed E-state index contributed by atoms with van der Waals surface area (Å²) in [4.78, 5) is 8.89. The summed E-state index contributed by atoms with van der Waals surface area (Å²) in [6, 6.07) is 0. The van der Waals surface area contributed by atoms with Crippen LogP contribution in [0.2, 0.25) is 0 Å². The number of hydrogen-bond donors (Lipinski definition) is 2. The van der Waals surface area contributed by atoms with Gasteiger partial charge in [0.05, 0.1) is 22.5 Å². The standard InChI is InChI=1S/C16H35N.C2H6O4S.C2H4O2.2Na/c1-2-3-4-5-6-7-8-9-10-11-12-13-14-15-16-17;3-1-2-7(4,5)6;1-2(3)4;;/h2-17H2,1H3;3H,1-2H2,(H,4,5,6);1H3,(H,3,4);;/q;;;2*+1/p-2. The van der Waals surface area contributed by atoms with Crippen molar-refractivity contribution in [3.8, 4) is 0 Å². The molecule has 172 valence electrons. The summed E-state index contributed by atoms with van der Waals surface area (Å²) in [6.45, 7) is 3.54. The number of carbonyl (C=O) groups is 1. The molecule has 0 radical (unpaired) electrons. The minimum absolute atomic E-state index is 0. The molecule has 0 aliphatic heterocycles. The normalized spacial score (nSPS) is 9.77. The van der Waals surface area contributed by atoms with Crippen LogP contribution in [0.25, 0.3) is 0 Å². The van der Waals surface area contributed by atoms with Crippen LogP contribution in [0.4, 0.5) is 0 Å². The van der Waals surface area contributed by atoms with E-state index in [1.165, 1.54) is 89.9 Å². The minimum atomic E-state index is -4.17. The van der Waals surface area contributed by atoms with Gasteiger partial charge >= 0.3 is 59.1 Å². The first-order valence-electron chi connectivity index (χ1n) is 10.6. The number of rotatable bonds is 16. The topological polar surface area (TPSA) is 144 Å². The molecule has 30 heavy (non-hydrogen) atoms. The first-order chi connectivity index (χ1) is 13.2. The number of unbranched alkanes of at least 4 members (excludes halogenated alkanes) is 13. The molecule has 0 spiro atoms. The molecule has 0 heterocycles. The van der Waals surface area contributed by atoms with Gasteiger partial charge in [-0.25, -0.2) is 8.42 Å². The van der Waals surface area contributed by atoms with Crippen LogP contribution in [0.1, 0.15) is 104 Å². The van der Waals surface area contributed by atoms with E-state index in [0.29, 0.717) is 0 Å². The monoisotopic (exact) mass is 471 g/mol. The minimum Gasteiger partial charge on any atom is -0.748 e. The van der Waals surface area contributed by atoms with Gasteiger partial charge in [-0.3, -0.25) is 0 Å². The molecule has 0 aromatic rings. The molecule has 0 amide bonds. The maximum absolute atomic E-state index is 9.52. The maximum Gasteiger partial charge on any atom is 1.00 e. The van der Waals surface area contributed by atoms with Gasteiger partial charge in [0.1, 0.15) is 0 Å². The van der Waals surface area contributed by atoms with E-state index in [1.54, 1.807) is 0 Å². The van der Waals surface area contributed by atoms with Crippen molar-refractivity contribution in [1.29, 1.82) is 0 Å². The summed E-state index contributed by atoms with van der Waals surface area (Å²) in [5.41, 5.74) is 5.47. The fourth-order valence-corrected chi connectivity index (χ4v) is 2.67. The Kier molecular flexibility index (Phi) is 48.3. The summed E-state index contributed by atoms with van der Waals surface area (Å²) in [5.74, 6) is -1.77. The van der Waals surface area contributed by atoms with E-state index < -0.39 is 28.4 Å². The van der Waals surface area contributed by atoms with Crippen LogP contribution in [0, 0.1) is 0 Å². The number of aliphatic hydroxyl groups excluding tert-OH is 1. The SMILES string of the molecule is CC(=O)[O-].CCCCCCCCCCCCCCCCN.O=S(=O)([O-])CCO.[Na+].[Na+]. The molecule has 3 N–H and O–H groups in total. The van der Waals surface area contributed by atoms with Crippen molar-refractivity contribution in [2.45, 2.75) is 104 Å². The number of carboxylic acid groups (broad SMARTS) is 1. The molecule has 0 saturated heterocycles. The summed E-state index contributed by atoms with van der Waals surface area (Å²) < 4.78 is 28.5. The second kappa shape index (κ2) is 34.9. The molecule has 0 rings (SSSR count). The number of aliphatic carboxylic acids is 1. The van der Waals surface area contributed by atoms with Crippen molar-refractivity contribution in [1.82, 2.24) is 0 Å². The molecule has 0 saturated carbocycles. The zero-order valence-electron chi connectivity index (χ0n) is 20.0. The van der Waals surface area contributed by atoms with Crippen LogP contribution in [0.15, 0.2) is 0 Å². The van der Waals surface area contributed by atoms with Crippen LogP contribution in [0.5, 0.6) is 0 Å². The van der Waals surface area contributed by atoms with Crippen LogP contribution in [-0.4, -0.2) is 43.0 Å². The van der Waals surface area contributed by atoms with E-state index in [0.717, 1.165) is 13.5 Å². The summed E-state index contributed by atoms with van der Waals surface area (Å²) in [5, 5.41) is 16.7. The molecule has 0 aromatic heterocycles. The number of aliphatic hydroxyl groups is 1. The van der Waals surface area contributed by atoms with Crippen molar-refractivity contribution in [3.63, 3.8) is 0 Å². The fraction of sp³-hybridized carbons (Fsp3) is 0.950. The van der Waals surface area contributed by atoms with Crippen LogP contribution in [-0.2, 0) is 14.9 Å². The molecule has 7 nitrogen and oxygen atoms in total. The van der Waals surface area contributed by atoms with Crippen LogP contribution >= 0.6 is 0 Å². The average Bonchev–Trinajstić information content (AvgIpc) is 2.58. The molecule has 0 unspecified atom stereocenters. The molecule has 0 atom stereocenters. The van der Waals surface area contributed by atoms with E-state index in [4.69, 9.17) is 20.7 Å². The van der Waals surface area contributed by atoms with Gasteiger partial charge in [0.2, 0.25) is 0 Å². The van der Waals surface area contributed by atoms with Gasteiger partial charge < -0.3 is 25.3 Å². The van der Waals surface area contributed by atoms with Gasteiger partial charge in [0.25, 0.3) is 0 Å². The van der Waals surface area contributed by atoms with Crippen molar-refractivity contribution < 1.29 is 87.1 Å². The van der Waals surface area contributed by atoms with Gasteiger partial charge in [0, 0.05) is 5.97 Å². The Morgan fingerprint density at radius 1 is 0.800 bits per heavy atom. The Labute approximate surface area is 229 Å². The second-order valence-electron chi connectivity index (χ2n) is 6.86. The van der Waals surface area contributed by atoms with Gasteiger partial charge in [0.15, 0.2) is 0 Å². The largest absolute Gasteiger partial charge is 1.00 e. The smallest absolute Gasteiger partial charge is 0.748 e. The van der Waals surface area contributed by atoms with Gasteiger partial charge in [-0.2, -0.15) is 0 Å². The molecular weight excluding hydrogens is 428 g/mol. The molecule has 10 heteroatoms. The predicted octanol–water partition coefficient (Wildman–Crippen LogP) is -3.29. The summed E-state index contributed by atoms with van der Waals surface area (Å²) >= 11 is 0. The Morgan fingerprint density at radius 2 is 1.07 bits per heavy atom. The second-order valence-corrected chi connectivity index (χ2v) is 8.39. The molecule has 0 fully saturated rings. The predicted molar refractivity (Wildman–Crippen MR) is 112 cm³/mol. The van der Waals surface area contributed by atoms with Crippen molar-refractivity contribution in [2.24, 2.45) is 5.73 Å². The van der Waals surface area contributed by atoms with Gasteiger partial charge in [-0.05, 0) is 19.9 Å². The fourth-order valence-electron chi connectivity index (χ4n) is 2.45. The summed E-state index contributed by atoms with van der Waals surface area (Å²) in [6.07, 6.45) is 19.9. The summed E-state index contributed by atoms with van der Waals surface area (Å²) in [7, 11) is -4.17. The Bertz CT molecular complexity index is 394. The Hall–Kier alpha value is 1.30. The molecule has 0 aliphatic carbocycles. The van der Waals surface area contributed by atoms with E-state index in [-0.39, 0.29) is 59.1 Å². The zero-order valence-corrected chi connectivity index (χ0v) is 24.8. The molecule has 0 aliphatic rings. The quantitative estimate of drug-likeness (QED) is 0.136. The van der Waals surface area contributed by atoms with Gasteiger partial charge in [-0.1, -0.05) is 90.4 Å². The molecule has 0 aromatic carbocycles. The van der Waals surface area contributed by atoms with Crippen molar-refractivity contribution in [3.05, 3.63) is 0 Å². The van der Waals surface area contributed by atoms with Crippen LogP contribution < -0.4 is 70.0 Å². The van der Waals surface area contributed by atoms with Crippen LogP contribution in [0.3, 0.4) is 0 Å². The Balaban J connectivity index is -0.000000134. The number of carboxylic acids is 1. The first-order valence-corrected chi connectivity index (χ1v) is 12.2. The molecule has 0 bridgehead atoms. The maximum atomic E-state index is 9.52. The average molecular weight is 472 g/mol. The number of hydrogen-bond acceptors (Lipinski definition) is 7. The van der Waals surface area contributed by atoms with Crippen molar-refractivity contribution in [2.75, 3.05) is 18.9 Å². The van der Waals surface area contributed by atoms with E-state index >= 15 is 0 Å².